The van der Waals surface area contributed by atoms with Crippen LogP contribution in [0.3, 0.4) is 0 Å². The second kappa shape index (κ2) is 7.93. The summed E-state index contributed by atoms with van der Waals surface area (Å²) >= 11 is 6.03. The van der Waals surface area contributed by atoms with E-state index in [9.17, 15) is 14.0 Å². The Hall–Kier alpha value is -2.38. The summed E-state index contributed by atoms with van der Waals surface area (Å²) in [4.78, 5) is 35.8. The number of hydrogen-bond donors (Lipinski definition) is 0. The van der Waals surface area contributed by atoms with Crippen LogP contribution in [0.4, 0.5) is 4.39 Å². The van der Waals surface area contributed by atoms with Crippen molar-refractivity contribution in [1.29, 1.82) is 0 Å². The molecule has 4 rings (SSSR count). The van der Waals surface area contributed by atoms with Gasteiger partial charge < -0.3 is 9.32 Å². The van der Waals surface area contributed by atoms with Crippen LogP contribution in [0.5, 0.6) is 0 Å². The SMILES string of the molecule is O=C1CC(=NCCN2CCCC2)C(=O)c2oc(Cc3c(F)cccc3Cl)nc21. The molecule has 1 aliphatic carbocycles. The van der Waals surface area contributed by atoms with E-state index in [4.69, 9.17) is 16.0 Å². The summed E-state index contributed by atoms with van der Waals surface area (Å²) in [5, 5.41) is 0.234. The lowest BCUT2D eigenvalue weighted by atomic mass is 9.97. The van der Waals surface area contributed by atoms with Gasteiger partial charge in [0.1, 0.15) is 5.82 Å². The second-order valence-electron chi connectivity index (χ2n) is 6.97. The smallest absolute Gasteiger partial charge is 0.244 e. The molecule has 1 fully saturated rings. The summed E-state index contributed by atoms with van der Waals surface area (Å²) in [7, 11) is 0. The fraction of sp³-hybridized carbons (Fsp3) is 0.400. The van der Waals surface area contributed by atoms with Crippen LogP contribution >= 0.6 is 11.6 Å². The molecule has 1 aliphatic heterocycles. The van der Waals surface area contributed by atoms with Gasteiger partial charge in [-0.2, -0.15) is 0 Å². The van der Waals surface area contributed by atoms with Gasteiger partial charge in [-0.3, -0.25) is 14.6 Å². The van der Waals surface area contributed by atoms with Crippen LogP contribution in [-0.2, 0) is 6.42 Å². The highest BCUT2D eigenvalue weighted by atomic mass is 35.5. The van der Waals surface area contributed by atoms with E-state index < -0.39 is 11.6 Å². The van der Waals surface area contributed by atoms with Crippen LogP contribution in [0.2, 0.25) is 5.02 Å². The monoisotopic (exact) mass is 403 g/mol. The molecular weight excluding hydrogens is 385 g/mol. The zero-order valence-corrected chi connectivity index (χ0v) is 16.0. The molecule has 0 N–H and O–H groups in total. The van der Waals surface area contributed by atoms with Gasteiger partial charge in [0, 0.05) is 17.1 Å². The van der Waals surface area contributed by atoms with Crippen LogP contribution in [0, 0.1) is 5.82 Å². The fourth-order valence-electron chi connectivity index (χ4n) is 3.54. The Balaban J connectivity index is 1.52. The first-order valence-electron chi connectivity index (χ1n) is 9.29. The van der Waals surface area contributed by atoms with Gasteiger partial charge in [-0.15, -0.1) is 0 Å². The zero-order chi connectivity index (χ0) is 19.7. The molecule has 0 unspecified atom stereocenters. The van der Waals surface area contributed by atoms with Crippen LogP contribution < -0.4 is 0 Å². The highest BCUT2D eigenvalue weighted by molar-refractivity contribution is 6.51. The summed E-state index contributed by atoms with van der Waals surface area (Å²) < 4.78 is 19.5. The predicted octanol–water partition coefficient (Wildman–Crippen LogP) is 3.36. The van der Waals surface area contributed by atoms with Crippen molar-refractivity contribution in [3.8, 4) is 0 Å². The fourth-order valence-corrected chi connectivity index (χ4v) is 3.77. The third-order valence-corrected chi connectivity index (χ3v) is 5.39. The number of ketones is 2. The summed E-state index contributed by atoms with van der Waals surface area (Å²) in [5.74, 6) is -1.26. The van der Waals surface area contributed by atoms with Gasteiger partial charge in [-0.25, -0.2) is 9.37 Å². The molecule has 28 heavy (non-hydrogen) atoms. The third kappa shape index (κ3) is 3.77. The molecule has 0 amide bonds. The normalized spacial score (nSPS) is 18.9. The number of hydrogen-bond acceptors (Lipinski definition) is 6. The number of nitrogens with zero attached hydrogens (tertiary/aromatic N) is 3. The Kier molecular flexibility index (Phi) is 5.37. The van der Waals surface area contributed by atoms with E-state index in [0.717, 1.165) is 19.6 Å². The molecule has 0 radical (unpaired) electrons. The predicted molar refractivity (Wildman–Crippen MR) is 102 cm³/mol. The molecule has 2 aromatic rings. The number of carbonyl (C=O) groups excluding carboxylic acids is 2. The van der Waals surface area contributed by atoms with Crippen molar-refractivity contribution in [3.63, 3.8) is 0 Å². The molecule has 0 spiro atoms. The number of halogens is 2. The molecule has 0 saturated carbocycles. The number of carbonyl (C=O) groups is 2. The lowest BCUT2D eigenvalue weighted by Gasteiger charge is -2.13. The molecule has 1 aromatic carbocycles. The maximum atomic E-state index is 14.0. The highest BCUT2D eigenvalue weighted by Gasteiger charge is 2.35. The number of fused-ring (bicyclic) bond motifs is 1. The van der Waals surface area contributed by atoms with E-state index in [-0.39, 0.29) is 52.3 Å². The number of benzene rings is 1. The first-order chi connectivity index (χ1) is 13.5. The van der Waals surface area contributed by atoms with Gasteiger partial charge in [-0.1, -0.05) is 17.7 Å². The number of oxazole rings is 1. The zero-order valence-electron chi connectivity index (χ0n) is 15.2. The average Bonchev–Trinajstić information content (AvgIpc) is 3.32. The number of rotatable bonds is 5. The Labute approximate surface area is 166 Å². The summed E-state index contributed by atoms with van der Waals surface area (Å²) in [5.41, 5.74) is 0.399. The Morgan fingerprint density at radius 3 is 2.79 bits per heavy atom. The van der Waals surface area contributed by atoms with E-state index in [1.165, 1.54) is 25.0 Å². The Morgan fingerprint density at radius 2 is 2.04 bits per heavy atom. The Bertz CT molecular complexity index is 943. The Morgan fingerprint density at radius 1 is 1.25 bits per heavy atom. The maximum absolute atomic E-state index is 14.0. The largest absolute Gasteiger partial charge is 0.436 e. The van der Waals surface area contributed by atoms with Crippen LogP contribution in [0.15, 0.2) is 27.6 Å². The van der Waals surface area contributed by atoms with Gasteiger partial charge in [0.05, 0.1) is 25.1 Å². The average molecular weight is 404 g/mol. The summed E-state index contributed by atoms with van der Waals surface area (Å²) in [6, 6.07) is 4.34. The first kappa shape index (κ1) is 19.0. The minimum absolute atomic E-state index is 0.00838. The number of Topliss-reactive ketones (excluding diaryl/α,β-unsaturated/α-hetero) is 2. The summed E-state index contributed by atoms with van der Waals surface area (Å²) in [6.45, 7) is 3.33. The van der Waals surface area contributed by atoms with Gasteiger partial charge in [0.2, 0.25) is 11.5 Å². The van der Waals surface area contributed by atoms with Crippen molar-refractivity contribution in [2.24, 2.45) is 4.99 Å². The molecular formula is C20H19ClFN3O3. The molecule has 6 nitrogen and oxygen atoms in total. The van der Waals surface area contributed by atoms with E-state index in [1.54, 1.807) is 6.07 Å². The molecule has 8 heteroatoms. The molecule has 0 atom stereocenters. The standard InChI is InChI=1S/C20H19ClFN3O3/c21-13-4-3-5-14(22)12(13)10-17-24-18-16(26)11-15(19(27)20(18)28-17)23-6-9-25-7-1-2-8-25/h3-5H,1-2,6-11H2. The van der Waals surface area contributed by atoms with Gasteiger partial charge in [0.25, 0.3) is 0 Å². The molecule has 1 aromatic heterocycles. The number of aromatic nitrogens is 1. The van der Waals surface area contributed by atoms with E-state index in [2.05, 4.69) is 14.9 Å². The molecule has 0 bridgehead atoms. The highest BCUT2D eigenvalue weighted by Crippen LogP contribution is 2.26. The maximum Gasteiger partial charge on any atom is 0.244 e. The topological polar surface area (TPSA) is 75.8 Å². The molecule has 146 valence electrons. The van der Waals surface area contributed by atoms with Gasteiger partial charge >= 0.3 is 0 Å². The minimum Gasteiger partial charge on any atom is -0.436 e. The molecule has 2 aliphatic rings. The number of aliphatic imine (C=N–C) groups is 1. The van der Waals surface area contributed by atoms with Crippen LogP contribution in [-0.4, -0.2) is 53.3 Å². The van der Waals surface area contributed by atoms with E-state index >= 15 is 0 Å². The molecule has 1 saturated heterocycles. The molecule has 2 heterocycles. The first-order valence-corrected chi connectivity index (χ1v) is 9.67. The van der Waals surface area contributed by atoms with E-state index in [1.807, 2.05) is 0 Å². The lowest BCUT2D eigenvalue weighted by Crippen LogP contribution is -2.28. The third-order valence-electron chi connectivity index (χ3n) is 5.04. The number of likely N-dealkylation sites (tertiary alicyclic amines) is 1. The van der Waals surface area contributed by atoms with Gasteiger partial charge in [0.15, 0.2) is 17.4 Å². The minimum atomic E-state index is -0.495. The van der Waals surface area contributed by atoms with Crippen LogP contribution in [0.25, 0.3) is 0 Å². The van der Waals surface area contributed by atoms with Crippen molar-refractivity contribution < 1.29 is 18.4 Å². The van der Waals surface area contributed by atoms with E-state index in [0.29, 0.717) is 6.54 Å². The van der Waals surface area contributed by atoms with Crippen molar-refractivity contribution in [2.45, 2.75) is 25.7 Å². The van der Waals surface area contributed by atoms with Crippen molar-refractivity contribution in [3.05, 3.63) is 51.9 Å². The van der Waals surface area contributed by atoms with Crippen molar-refractivity contribution in [2.75, 3.05) is 26.2 Å². The van der Waals surface area contributed by atoms with Crippen molar-refractivity contribution in [1.82, 2.24) is 9.88 Å². The van der Waals surface area contributed by atoms with Crippen molar-refractivity contribution >= 4 is 28.9 Å². The summed E-state index contributed by atoms with van der Waals surface area (Å²) in [6.07, 6.45) is 2.24. The lowest BCUT2D eigenvalue weighted by molar-refractivity contribution is 0.0949. The van der Waals surface area contributed by atoms with Gasteiger partial charge in [-0.05, 0) is 38.1 Å². The van der Waals surface area contributed by atoms with Crippen LogP contribution in [0.1, 0.15) is 51.8 Å². The second-order valence-corrected chi connectivity index (χ2v) is 7.38. The quantitative estimate of drug-likeness (QED) is 0.765.